The zero-order chi connectivity index (χ0) is 19.4. The third kappa shape index (κ3) is 4.69. The molecule has 0 amide bonds. The van der Waals surface area contributed by atoms with Crippen LogP contribution in [0.1, 0.15) is 11.1 Å². The molecule has 0 atom stereocenters. The summed E-state index contributed by atoms with van der Waals surface area (Å²) in [5.74, 6) is -2.70. The lowest BCUT2D eigenvalue weighted by atomic mass is 10.1. The molecule has 5 nitrogen and oxygen atoms in total. The summed E-state index contributed by atoms with van der Waals surface area (Å²) in [6.45, 7) is 6.91. The normalized spacial score (nSPS) is 11.6. The van der Waals surface area contributed by atoms with E-state index in [1.807, 2.05) is 0 Å². The lowest BCUT2D eigenvalue weighted by Gasteiger charge is -2.11. The lowest BCUT2D eigenvalue weighted by molar-refractivity contribution is -0.140. The van der Waals surface area contributed by atoms with Crippen molar-refractivity contribution in [3.63, 3.8) is 0 Å². The van der Waals surface area contributed by atoms with E-state index in [9.17, 15) is 22.4 Å². The van der Waals surface area contributed by atoms with Crippen LogP contribution in [-0.2, 0) is 15.7 Å². The summed E-state index contributed by atoms with van der Waals surface area (Å²) >= 11 is 0. The number of nitrogens with two attached hydrogens (primary N) is 2. The van der Waals surface area contributed by atoms with Gasteiger partial charge in [0.05, 0.1) is 18.4 Å². The van der Waals surface area contributed by atoms with Crippen molar-refractivity contribution in [2.24, 2.45) is 16.5 Å². The number of alkyl halides is 3. The number of methoxy groups -OCH3 is 1. The van der Waals surface area contributed by atoms with Crippen LogP contribution in [0.4, 0.5) is 17.6 Å². The molecule has 1 aromatic rings. The van der Waals surface area contributed by atoms with Crippen LogP contribution >= 0.6 is 0 Å². The Balaban J connectivity index is 3.46. The molecule has 0 radical (unpaired) electrons. The molecule has 0 saturated carbocycles. The number of halogens is 4. The number of esters is 1. The van der Waals surface area contributed by atoms with Gasteiger partial charge in [0.2, 0.25) is 0 Å². The van der Waals surface area contributed by atoms with Gasteiger partial charge in [-0.25, -0.2) is 14.2 Å². The highest BCUT2D eigenvalue weighted by Gasteiger charge is 2.34. The third-order valence-electron chi connectivity index (χ3n) is 3.00. The zero-order valence-electron chi connectivity index (χ0n) is 13.2. The molecule has 0 aromatic heterocycles. The molecule has 4 N–H and O–H groups in total. The van der Waals surface area contributed by atoms with Crippen LogP contribution in [0, 0.1) is 5.82 Å². The fourth-order valence-corrected chi connectivity index (χ4v) is 1.79. The summed E-state index contributed by atoms with van der Waals surface area (Å²) in [7, 11) is 1.06. The summed E-state index contributed by atoms with van der Waals surface area (Å²) in [4.78, 5) is 15.7. The number of aliphatic imine (C=N–C) groups is 1. The molecule has 134 valence electrons. The first kappa shape index (κ1) is 19.9. The SMILES string of the molecule is C=CC(=C(N)N)/C(=N\C(=C)c1ccc(F)c(C(F)(F)F)c1)C(=O)OC. The molecule has 0 bridgehead atoms. The van der Waals surface area contributed by atoms with Crippen LogP contribution in [0.5, 0.6) is 0 Å². The first-order valence-electron chi connectivity index (χ1n) is 6.64. The predicted octanol–water partition coefficient (Wildman–Crippen LogP) is 2.74. The van der Waals surface area contributed by atoms with Gasteiger partial charge in [-0.2, -0.15) is 13.2 Å². The second-order valence-corrected chi connectivity index (χ2v) is 4.66. The van der Waals surface area contributed by atoms with E-state index in [1.54, 1.807) is 0 Å². The van der Waals surface area contributed by atoms with E-state index in [1.165, 1.54) is 0 Å². The maximum atomic E-state index is 13.3. The molecule has 25 heavy (non-hydrogen) atoms. The smallest absolute Gasteiger partial charge is 0.419 e. The molecule has 9 heteroatoms. The van der Waals surface area contributed by atoms with Crippen LogP contribution in [0.2, 0.25) is 0 Å². The Morgan fingerprint density at radius 1 is 1.32 bits per heavy atom. The standard InChI is InChI=1S/C16H15F4N3O2/c1-4-10(14(21)22)13(15(24)25-3)23-8(2)9-5-6-12(17)11(7-9)16(18,19)20/h4-7H,1-2,21-22H2,3H3/b23-13+. The van der Waals surface area contributed by atoms with E-state index in [4.69, 9.17) is 11.5 Å². The van der Waals surface area contributed by atoms with Crippen molar-refractivity contribution in [1.82, 2.24) is 0 Å². The number of allylic oxidation sites excluding steroid dienone is 1. The molecule has 0 heterocycles. The summed E-state index contributed by atoms with van der Waals surface area (Å²) in [5, 5.41) is 0. The molecule has 1 rings (SSSR count). The first-order valence-corrected chi connectivity index (χ1v) is 6.64. The van der Waals surface area contributed by atoms with Crippen molar-refractivity contribution in [2.45, 2.75) is 6.18 Å². The molecule has 0 aliphatic heterocycles. The van der Waals surface area contributed by atoms with Gasteiger partial charge in [-0.15, -0.1) is 0 Å². The number of ether oxygens (including phenoxy) is 1. The molecule has 0 unspecified atom stereocenters. The van der Waals surface area contributed by atoms with Gasteiger partial charge in [0.15, 0.2) is 5.71 Å². The Bertz CT molecular complexity index is 776. The Kier molecular flexibility index (Phi) is 6.10. The predicted molar refractivity (Wildman–Crippen MR) is 85.5 cm³/mol. The van der Waals surface area contributed by atoms with Gasteiger partial charge in [-0.3, -0.25) is 0 Å². The van der Waals surface area contributed by atoms with Gasteiger partial charge in [-0.05, 0) is 18.2 Å². The fourth-order valence-electron chi connectivity index (χ4n) is 1.79. The number of nitrogens with zero attached hydrogens (tertiary/aromatic N) is 1. The summed E-state index contributed by atoms with van der Waals surface area (Å²) in [5.41, 5.74) is 8.47. The molecule has 1 aromatic carbocycles. The Morgan fingerprint density at radius 3 is 2.36 bits per heavy atom. The minimum atomic E-state index is -4.90. The summed E-state index contributed by atoms with van der Waals surface area (Å²) in [6, 6.07) is 2.19. The van der Waals surface area contributed by atoms with Gasteiger partial charge in [0.1, 0.15) is 11.6 Å². The van der Waals surface area contributed by atoms with Gasteiger partial charge >= 0.3 is 12.1 Å². The summed E-state index contributed by atoms with van der Waals surface area (Å²) in [6.07, 6.45) is -3.77. The van der Waals surface area contributed by atoms with Gasteiger partial charge in [-0.1, -0.05) is 19.2 Å². The monoisotopic (exact) mass is 357 g/mol. The second-order valence-electron chi connectivity index (χ2n) is 4.66. The highest BCUT2D eigenvalue weighted by atomic mass is 19.4. The van der Waals surface area contributed by atoms with Crippen LogP contribution in [0.25, 0.3) is 5.70 Å². The number of carbonyl (C=O) groups excluding carboxylic acids is 1. The van der Waals surface area contributed by atoms with Crippen LogP contribution in [0.3, 0.4) is 0 Å². The van der Waals surface area contributed by atoms with Crippen LogP contribution < -0.4 is 11.5 Å². The van der Waals surface area contributed by atoms with Crippen molar-refractivity contribution in [3.05, 3.63) is 65.8 Å². The fraction of sp³-hybridized carbons (Fsp3) is 0.125. The molecular weight excluding hydrogens is 342 g/mol. The minimum absolute atomic E-state index is 0.0776. The largest absolute Gasteiger partial charge is 0.464 e. The minimum Gasteiger partial charge on any atom is -0.464 e. The Labute approximate surface area is 141 Å². The molecule has 0 fully saturated rings. The molecule has 0 aliphatic carbocycles. The van der Waals surface area contributed by atoms with Gasteiger partial charge in [0.25, 0.3) is 0 Å². The van der Waals surface area contributed by atoms with E-state index in [0.717, 1.165) is 19.3 Å². The van der Waals surface area contributed by atoms with E-state index in [-0.39, 0.29) is 22.7 Å². The molecule has 0 saturated heterocycles. The number of rotatable bonds is 5. The maximum absolute atomic E-state index is 13.3. The zero-order valence-corrected chi connectivity index (χ0v) is 13.2. The Morgan fingerprint density at radius 2 is 1.92 bits per heavy atom. The summed E-state index contributed by atoms with van der Waals surface area (Å²) < 4.78 is 56.3. The first-order chi connectivity index (χ1) is 11.5. The number of carbonyl (C=O) groups is 1. The van der Waals surface area contributed by atoms with Gasteiger partial charge in [0, 0.05) is 11.1 Å². The van der Waals surface area contributed by atoms with Crippen LogP contribution in [-0.4, -0.2) is 18.8 Å². The van der Waals surface area contributed by atoms with Crippen molar-refractivity contribution in [1.29, 1.82) is 0 Å². The van der Waals surface area contributed by atoms with E-state index in [0.29, 0.717) is 12.1 Å². The van der Waals surface area contributed by atoms with Crippen molar-refractivity contribution in [3.8, 4) is 0 Å². The van der Waals surface area contributed by atoms with Crippen molar-refractivity contribution < 1.29 is 27.1 Å². The quantitative estimate of drug-likeness (QED) is 0.367. The highest BCUT2D eigenvalue weighted by molar-refractivity contribution is 6.44. The molecule has 0 spiro atoms. The van der Waals surface area contributed by atoms with E-state index < -0.39 is 29.2 Å². The third-order valence-corrected chi connectivity index (χ3v) is 3.00. The molecular formula is C16H15F4N3O2. The molecule has 0 aliphatic rings. The lowest BCUT2D eigenvalue weighted by Crippen LogP contribution is -2.23. The topological polar surface area (TPSA) is 90.7 Å². The van der Waals surface area contributed by atoms with Crippen LogP contribution in [0.15, 0.2) is 53.8 Å². The van der Waals surface area contributed by atoms with E-state index >= 15 is 0 Å². The van der Waals surface area contributed by atoms with Crippen molar-refractivity contribution >= 4 is 17.4 Å². The number of benzene rings is 1. The number of hydrogen-bond donors (Lipinski definition) is 2. The Hall–Kier alpha value is -3.10. The highest BCUT2D eigenvalue weighted by Crippen LogP contribution is 2.33. The average molecular weight is 357 g/mol. The van der Waals surface area contributed by atoms with E-state index in [2.05, 4.69) is 22.9 Å². The van der Waals surface area contributed by atoms with Crippen molar-refractivity contribution in [2.75, 3.05) is 7.11 Å². The maximum Gasteiger partial charge on any atom is 0.419 e. The second kappa shape index (κ2) is 7.65. The number of hydrogen-bond acceptors (Lipinski definition) is 5. The van der Waals surface area contributed by atoms with Gasteiger partial charge < -0.3 is 16.2 Å². The average Bonchev–Trinajstić information content (AvgIpc) is 2.52.